The van der Waals surface area contributed by atoms with Crippen LogP contribution in [0.1, 0.15) is 30.1 Å². The van der Waals surface area contributed by atoms with E-state index in [2.05, 4.69) is 29.9 Å². The van der Waals surface area contributed by atoms with Gasteiger partial charge in [-0.2, -0.15) is 0 Å². The van der Waals surface area contributed by atoms with Crippen molar-refractivity contribution in [3.05, 3.63) is 53.1 Å². The van der Waals surface area contributed by atoms with Gasteiger partial charge in [-0.25, -0.2) is 23.4 Å². The molecule has 0 radical (unpaired) electrons. The molecule has 0 amide bonds. The Morgan fingerprint density at radius 1 is 1.03 bits per heavy atom. The van der Waals surface area contributed by atoms with Crippen LogP contribution in [0.25, 0.3) is 16.5 Å². The summed E-state index contributed by atoms with van der Waals surface area (Å²) in [5.74, 6) is 1.33. The van der Waals surface area contributed by atoms with Crippen LogP contribution in [-0.4, -0.2) is 64.7 Å². The highest BCUT2D eigenvalue weighted by molar-refractivity contribution is 7.93. The fraction of sp³-hybridized carbons (Fsp3) is 0.348. The molecular weight excluding hydrogens is 518 g/mol. The van der Waals surface area contributed by atoms with Gasteiger partial charge in [0, 0.05) is 30.6 Å². The summed E-state index contributed by atoms with van der Waals surface area (Å²) in [6.45, 7) is 5.21. The summed E-state index contributed by atoms with van der Waals surface area (Å²) in [5.41, 5.74) is 2.05. The normalized spacial score (nSPS) is 13.2. The smallest absolute Gasteiger partial charge is 0.243 e. The SMILES string of the molecule is COc1cccc(OC)c1-n1c(NS(=O)(=O)C(C)C(OC)c2ncc(C)cn2)nnc1-c1nc(C)cs1. The third-order valence-electron chi connectivity index (χ3n) is 5.56. The Kier molecular flexibility index (Phi) is 7.71. The highest BCUT2D eigenvalue weighted by Crippen LogP contribution is 2.38. The molecular formula is C23H27N7O5S2. The van der Waals surface area contributed by atoms with E-state index < -0.39 is 21.4 Å². The number of ether oxygens (including phenoxy) is 3. The van der Waals surface area contributed by atoms with Gasteiger partial charge in [-0.3, -0.25) is 9.29 Å². The van der Waals surface area contributed by atoms with Crippen molar-refractivity contribution in [1.29, 1.82) is 0 Å². The molecule has 0 aliphatic rings. The van der Waals surface area contributed by atoms with Crippen molar-refractivity contribution >= 4 is 27.3 Å². The Labute approximate surface area is 218 Å². The molecule has 0 aliphatic heterocycles. The zero-order chi connectivity index (χ0) is 26.7. The van der Waals surface area contributed by atoms with Crippen molar-refractivity contribution in [2.24, 2.45) is 0 Å². The van der Waals surface area contributed by atoms with Crippen molar-refractivity contribution in [2.75, 3.05) is 26.1 Å². The molecule has 2 atom stereocenters. The maximum absolute atomic E-state index is 13.6. The van der Waals surface area contributed by atoms with E-state index in [1.807, 2.05) is 19.2 Å². The number of sulfonamides is 1. The Hall–Kier alpha value is -3.62. The minimum absolute atomic E-state index is 0.0721. The van der Waals surface area contributed by atoms with Crippen molar-refractivity contribution < 1.29 is 22.6 Å². The Morgan fingerprint density at radius 2 is 1.68 bits per heavy atom. The summed E-state index contributed by atoms with van der Waals surface area (Å²) < 4.78 is 47.9. The van der Waals surface area contributed by atoms with Gasteiger partial charge in [0.05, 0.1) is 14.2 Å². The lowest BCUT2D eigenvalue weighted by Gasteiger charge is -2.22. The van der Waals surface area contributed by atoms with E-state index >= 15 is 0 Å². The number of anilines is 1. The number of benzene rings is 1. The fourth-order valence-electron chi connectivity index (χ4n) is 3.65. The summed E-state index contributed by atoms with van der Waals surface area (Å²) in [6, 6.07) is 5.21. The molecule has 4 aromatic rings. The summed E-state index contributed by atoms with van der Waals surface area (Å²) >= 11 is 1.35. The van der Waals surface area contributed by atoms with Crippen LogP contribution >= 0.6 is 11.3 Å². The lowest BCUT2D eigenvalue weighted by atomic mass is 10.2. The zero-order valence-corrected chi connectivity index (χ0v) is 22.8. The maximum atomic E-state index is 13.6. The van der Waals surface area contributed by atoms with Crippen LogP contribution in [0.15, 0.2) is 36.0 Å². The first kappa shape index (κ1) is 26.4. The van der Waals surface area contributed by atoms with Crippen LogP contribution in [0.4, 0.5) is 5.95 Å². The number of nitrogens with zero attached hydrogens (tertiary/aromatic N) is 6. The molecule has 0 saturated carbocycles. The topological polar surface area (TPSA) is 143 Å². The number of thiazole rings is 1. The van der Waals surface area contributed by atoms with Crippen molar-refractivity contribution in [3.63, 3.8) is 0 Å². The monoisotopic (exact) mass is 545 g/mol. The molecule has 1 N–H and O–H groups in total. The van der Waals surface area contributed by atoms with E-state index in [9.17, 15) is 8.42 Å². The second kappa shape index (κ2) is 10.8. The standard InChI is InChI=1S/C23H27N7O5S2/c1-13-10-24-20(25-11-13)19(35-6)15(3)37(31,32)29-23-28-27-21(22-26-14(2)12-36-22)30(23)18-16(33-4)8-7-9-17(18)34-5/h7-12,15,19H,1-6H3,(H,28,29). The van der Waals surface area contributed by atoms with Gasteiger partial charge in [-0.15, -0.1) is 21.5 Å². The fourth-order valence-corrected chi connectivity index (χ4v) is 5.55. The molecule has 0 spiro atoms. The van der Waals surface area contributed by atoms with Crippen molar-refractivity contribution in [2.45, 2.75) is 32.1 Å². The third-order valence-corrected chi connectivity index (χ3v) is 8.21. The summed E-state index contributed by atoms with van der Waals surface area (Å²) in [4.78, 5) is 13.0. The number of hydrogen-bond donors (Lipinski definition) is 1. The lowest BCUT2D eigenvalue weighted by molar-refractivity contribution is 0.0949. The number of nitrogens with one attached hydrogen (secondary N) is 1. The number of methoxy groups -OCH3 is 3. The molecule has 196 valence electrons. The lowest BCUT2D eigenvalue weighted by Crippen LogP contribution is -2.33. The van der Waals surface area contributed by atoms with E-state index in [4.69, 9.17) is 14.2 Å². The second-order valence-electron chi connectivity index (χ2n) is 8.11. The van der Waals surface area contributed by atoms with E-state index in [0.717, 1.165) is 11.3 Å². The average Bonchev–Trinajstić information content (AvgIpc) is 3.50. The van der Waals surface area contributed by atoms with Gasteiger partial charge in [0.25, 0.3) is 0 Å². The molecule has 12 nitrogen and oxygen atoms in total. The molecule has 0 fully saturated rings. The van der Waals surface area contributed by atoms with Gasteiger partial charge in [0.2, 0.25) is 16.0 Å². The largest absolute Gasteiger partial charge is 0.494 e. The zero-order valence-electron chi connectivity index (χ0n) is 21.2. The quantitative estimate of drug-likeness (QED) is 0.315. The molecule has 4 rings (SSSR count). The van der Waals surface area contributed by atoms with Gasteiger partial charge in [0.15, 0.2) is 16.7 Å². The van der Waals surface area contributed by atoms with Crippen molar-refractivity contribution in [1.82, 2.24) is 29.7 Å². The number of hydrogen-bond acceptors (Lipinski definition) is 11. The summed E-state index contributed by atoms with van der Waals surface area (Å²) in [6.07, 6.45) is 2.28. The van der Waals surface area contributed by atoms with E-state index in [1.165, 1.54) is 44.2 Å². The van der Waals surface area contributed by atoms with Crippen LogP contribution in [0.5, 0.6) is 11.5 Å². The van der Waals surface area contributed by atoms with Crippen molar-refractivity contribution in [3.8, 4) is 28.0 Å². The summed E-state index contributed by atoms with van der Waals surface area (Å²) in [5, 5.41) is 9.76. The van der Waals surface area contributed by atoms with Crippen LogP contribution in [0.3, 0.4) is 0 Å². The minimum Gasteiger partial charge on any atom is -0.494 e. The number of aryl methyl sites for hydroxylation is 2. The molecule has 2 unspecified atom stereocenters. The molecule has 0 bridgehead atoms. The summed E-state index contributed by atoms with van der Waals surface area (Å²) in [7, 11) is 0.327. The van der Waals surface area contributed by atoms with Gasteiger partial charge in [0.1, 0.15) is 28.5 Å². The second-order valence-corrected chi connectivity index (χ2v) is 11.0. The molecule has 3 aromatic heterocycles. The van der Waals surface area contributed by atoms with E-state index in [-0.39, 0.29) is 11.8 Å². The minimum atomic E-state index is -4.09. The van der Waals surface area contributed by atoms with Crippen LogP contribution in [-0.2, 0) is 14.8 Å². The molecule has 0 aliphatic carbocycles. The first-order valence-electron chi connectivity index (χ1n) is 11.1. The Morgan fingerprint density at radius 3 is 2.22 bits per heavy atom. The maximum Gasteiger partial charge on any atom is 0.243 e. The van der Waals surface area contributed by atoms with Gasteiger partial charge >= 0.3 is 0 Å². The van der Waals surface area contributed by atoms with Crippen LogP contribution in [0, 0.1) is 13.8 Å². The first-order valence-corrected chi connectivity index (χ1v) is 13.5. The highest BCUT2D eigenvalue weighted by Gasteiger charge is 2.35. The van der Waals surface area contributed by atoms with Gasteiger partial charge < -0.3 is 14.2 Å². The molecule has 0 saturated heterocycles. The van der Waals surface area contributed by atoms with Gasteiger partial charge in [-0.1, -0.05) is 6.07 Å². The highest BCUT2D eigenvalue weighted by atomic mass is 32.2. The van der Waals surface area contributed by atoms with Gasteiger partial charge in [-0.05, 0) is 38.5 Å². The molecule has 14 heteroatoms. The number of rotatable bonds is 10. The van der Waals surface area contributed by atoms with E-state index in [1.54, 1.807) is 30.6 Å². The van der Waals surface area contributed by atoms with Crippen LogP contribution < -0.4 is 14.2 Å². The van der Waals surface area contributed by atoms with E-state index in [0.29, 0.717) is 28.0 Å². The average molecular weight is 546 g/mol. The predicted octanol–water partition coefficient (Wildman–Crippen LogP) is 3.33. The first-order chi connectivity index (χ1) is 17.7. The molecule has 1 aromatic carbocycles. The number of para-hydroxylation sites is 1. The Balaban J connectivity index is 1.82. The Bertz CT molecular complexity index is 1460. The molecule has 3 heterocycles. The molecule has 37 heavy (non-hydrogen) atoms. The third kappa shape index (κ3) is 5.26. The predicted molar refractivity (Wildman–Crippen MR) is 139 cm³/mol. The van der Waals surface area contributed by atoms with Crippen LogP contribution in [0.2, 0.25) is 0 Å². The number of aromatic nitrogens is 6.